The van der Waals surface area contributed by atoms with Crippen LogP contribution in [-0.2, 0) is 4.79 Å². The van der Waals surface area contributed by atoms with Crippen molar-refractivity contribution in [2.24, 2.45) is 5.41 Å². The predicted octanol–water partition coefficient (Wildman–Crippen LogP) is 6.25. The van der Waals surface area contributed by atoms with Crippen LogP contribution < -0.4 is 19.1 Å². The van der Waals surface area contributed by atoms with Crippen molar-refractivity contribution in [2.45, 2.75) is 33.3 Å². The zero-order chi connectivity index (χ0) is 25.2. The highest BCUT2D eigenvalue weighted by Gasteiger charge is 2.35. The number of hydrogen-bond donors (Lipinski definition) is 0. The summed E-state index contributed by atoms with van der Waals surface area (Å²) in [6.45, 7) is 7.21. The summed E-state index contributed by atoms with van der Waals surface area (Å²) in [5.74, 6) is 0.00322. The molecule has 0 aromatic heterocycles. The number of anilines is 1. The van der Waals surface area contributed by atoms with E-state index in [0.29, 0.717) is 36.8 Å². The lowest BCUT2D eigenvalue weighted by Gasteiger charge is -2.22. The van der Waals surface area contributed by atoms with Crippen LogP contribution in [0.1, 0.15) is 27.2 Å². The smallest absolute Gasteiger partial charge is 0.268 e. The lowest BCUT2D eigenvalue weighted by Crippen LogP contribution is -2.32. The molecule has 1 aliphatic rings. The highest BCUT2D eigenvalue weighted by Crippen LogP contribution is 2.35. The van der Waals surface area contributed by atoms with Crippen LogP contribution in [0.3, 0.4) is 0 Å². The number of benzene rings is 3. The second-order valence-electron chi connectivity index (χ2n) is 9.69. The fourth-order valence-electron chi connectivity index (χ4n) is 3.89. The number of hydrogen-bond acceptors (Lipinski definition) is 4. The number of ether oxygens (including phenoxy) is 3. The molecule has 1 aliphatic heterocycles. The molecule has 3 aromatic carbocycles. The van der Waals surface area contributed by atoms with Crippen LogP contribution in [0.2, 0.25) is 0 Å². The third-order valence-electron chi connectivity index (χ3n) is 5.66. The minimum atomic E-state index is -0.753. The standard InChI is InChI=1S/C28H29F2NO4/c1-28(2,3)17-34-24-12-9-18(15-26(24)33-4)31-14-13-25(27(31)32)35-19-10-11-21(23(30)16-19)20-7-5-6-8-22(20)29/h5-12,15-16,25H,13-14,17H2,1-4H3. The van der Waals surface area contributed by atoms with Gasteiger partial charge in [-0.05, 0) is 35.7 Å². The van der Waals surface area contributed by atoms with Crippen LogP contribution in [0, 0.1) is 17.0 Å². The molecule has 1 heterocycles. The molecule has 1 unspecified atom stereocenters. The van der Waals surface area contributed by atoms with Gasteiger partial charge >= 0.3 is 0 Å². The number of nitrogens with zero attached hydrogens (tertiary/aromatic N) is 1. The zero-order valence-corrected chi connectivity index (χ0v) is 20.3. The van der Waals surface area contributed by atoms with Gasteiger partial charge in [0.2, 0.25) is 0 Å². The van der Waals surface area contributed by atoms with Crippen molar-refractivity contribution in [3.05, 3.63) is 72.3 Å². The van der Waals surface area contributed by atoms with Crippen LogP contribution in [0.25, 0.3) is 11.1 Å². The quantitative estimate of drug-likeness (QED) is 0.400. The summed E-state index contributed by atoms with van der Waals surface area (Å²) in [6, 6.07) is 15.5. The molecule has 1 atom stereocenters. The molecule has 7 heteroatoms. The summed E-state index contributed by atoms with van der Waals surface area (Å²) in [7, 11) is 1.56. The Hall–Kier alpha value is -3.61. The van der Waals surface area contributed by atoms with Crippen LogP contribution in [0.5, 0.6) is 17.2 Å². The van der Waals surface area contributed by atoms with E-state index >= 15 is 0 Å². The predicted molar refractivity (Wildman–Crippen MR) is 131 cm³/mol. The van der Waals surface area contributed by atoms with Gasteiger partial charge in [0.1, 0.15) is 17.4 Å². The zero-order valence-electron chi connectivity index (χ0n) is 20.3. The summed E-state index contributed by atoms with van der Waals surface area (Å²) in [4.78, 5) is 14.7. The van der Waals surface area contributed by atoms with Gasteiger partial charge in [0.25, 0.3) is 5.91 Å². The molecular weight excluding hydrogens is 452 g/mol. The maximum Gasteiger partial charge on any atom is 0.268 e. The van der Waals surface area contributed by atoms with E-state index in [1.807, 2.05) is 6.07 Å². The Bertz CT molecular complexity index is 1220. The topological polar surface area (TPSA) is 48.0 Å². The lowest BCUT2D eigenvalue weighted by molar-refractivity contribution is -0.122. The molecule has 0 saturated carbocycles. The maximum absolute atomic E-state index is 14.7. The number of carbonyl (C=O) groups excluding carboxylic acids is 1. The fourth-order valence-corrected chi connectivity index (χ4v) is 3.89. The van der Waals surface area contributed by atoms with Crippen molar-refractivity contribution in [1.29, 1.82) is 0 Å². The first-order valence-corrected chi connectivity index (χ1v) is 11.5. The number of carbonyl (C=O) groups is 1. The SMILES string of the molecule is COc1cc(N2CCC(Oc3ccc(-c4ccccc4F)c(F)c3)C2=O)ccc1OCC(C)(C)C. The van der Waals surface area contributed by atoms with Gasteiger partial charge in [-0.2, -0.15) is 0 Å². The number of halogens is 2. The van der Waals surface area contributed by atoms with Crippen molar-refractivity contribution in [3.8, 4) is 28.4 Å². The van der Waals surface area contributed by atoms with E-state index in [9.17, 15) is 13.6 Å². The fraction of sp³-hybridized carbons (Fsp3) is 0.321. The van der Waals surface area contributed by atoms with Crippen molar-refractivity contribution >= 4 is 11.6 Å². The molecule has 184 valence electrons. The number of methoxy groups -OCH3 is 1. The minimum absolute atomic E-state index is 0.00784. The second-order valence-corrected chi connectivity index (χ2v) is 9.69. The third kappa shape index (κ3) is 5.56. The normalized spacial score (nSPS) is 15.9. The molecule has 0 N–H and O–H groups in total. The Morgan fingerprint density at radius 2 is 1.69 bits per heavy atom. The maximum atomic E-state index is 14.7. The molecule has 1 fully saturated rings. The van der Waals surface area contributed by atoms with Gasteiger partial charge in [-0.15, -0.1) is 0 Å². The summed E-state index contributed by atoms with van der Waals surface area (Å²) < 4.78 is 45.9. The molecule has 35 heavy (non-hydrogen) atoms. The van der Waals surface area contributed by atoms with E-state index in [-0.39, 0.29) is 28.2 Å². The van der Waals surface area contributed by atoms with E-state index in [1.54, 1.807) is 42.3 Å². The molecule has 1 saturated heterocycles. The summed E-state index contributed by atoms with van der Waals surface area (Å²) in [6.07, 6.45) is -0.309. The molecule has 0 bridgehead atoms. The molecule has 1 amide bonds. The van der Waals surface area contributed by atoms with E-state index in [1.165, 1.54) is 24.3 Å². The lowest BCUT2D eigenvalue weighted by atomic mass is 9.99. The van der Waals surface area contributed by atoms with Crippen LogP contribution in [-0.4, -0.2) is 32.3 Å². The summed E-state index contributed by atoms with van der Waals surface area (Å²) >= 11 is 0. The van der Waals surface area contributed by atoms with Gasteiger partial charge in [0.05, 0.1) is 13.7 Å². The first-order chi connectivity index (χ1) is 16.7. The largest absolute Gasteiger partial charge is 0.493 e. The van der Waals surface area contributed by atoms with Gasteiger partial charge in [0.15, 0.2) is 17.6 Å². The van der Waals surface area contributed by atoms with E-state index < -0.39 is 17.7 Å². The van der Waals surface area contributed by atoms with Crippen LogP contribution in [0.15, 0.2) is 60.7 Å². The van der Waals surface area contributed by atoms with Crippen molar-refractivity contribution < 1.29 is 27.8 Å². The molecule has 0 aliphatic carbocycles. The molecule has 3 aromatic rings. The number of amides is 1. The Morgan fingerprint density at radius 1 is 0.943 bits per heavy atom. The Kier molecular flexibility index (Phi) is 6.96. The monoisotopic (exact) mass is 481 g/mol. The first kappa shape index (κ1) is 24.5. The average molecular weight is 482 g/mol. The van der Waals surface area contributed by atoms with Gasteiger partial charge in [-0.1, -0.05) is 39.0 Å². The third-order valence-corrected chi connectivity index (χ3v) is 5.66. The molecule has 0 radical (unpaired) electrons. The molecule has 5 nitrogen and oxygen atoms in total. The van der Waals surface area contributed by atoms with Crippen molar-refractivity contribution in [2.75, 3.05) is 25.2 Å². The second kappa shape index (κ2) is 9.94. The summed E-state index contributed by atoms with van der Waals surface area (Å²) in [5, 5.41) is 0. The van der Waals surface area contributed by atoms with Gasteiger partial charge in [-0.25, -0.2) is 8.78 Å². The number of rotatable bonds is 7. The average Bonchev–Trinajstić information content (AvgIpc) is 3.18. The van der Waals surface area contributed by atoms with Gasteiger partial charge in [0, 0.05) is 41.9 Å². The minimum Gasteiger partial charge on any atom is -0.493 e. The van der Waals surface area contributed by atoms with Crippen LogP contribution >= 0.6 is 0 Å². The highest BCUT2D eigenvalue weighted by molar-refractivity contribution is 5.99. The first-order valence-electron chi connectivity index (χ1n) is 11.5. The molecule has 0 spiro atoms. The van der Waals surface area contributed by atoms with Gasteiger partial charge in [-0.3, -0.25) is 4.79 Å². The van der Waals surface area contributed by atoms with Crippen molar-refractivity contribution in [1.82, 2.24) is 0 Å². The van der Waals surface area contributed by atoms with E-state index in [4.69, 9.17) is 14.2 Å². The van der Waals surface area contributed by atoms with Crippen molar-refractivity contribution in [3.63, 3.8) is 0 Å². The Morgan fingerprint density at radius 3 is 2.37 bits per heavy atom. The Labute approximate surface area is 204 Å². The van der Waals surface area contributed by atoms with E-state index in [2.05, 4.69) is 20.8 Å². The molecular formula is C28H29F2NO4. The highest BCUT2D eigenvalue weighted by atomic mass is 19.1. The molecule has 4 rings (SSSR count). The van der Waals surface area contributed by atoms with Crippen LogP contribution in [0.4, 0.5) is 14.5 Å². The Balaban J connectivity index is 1.46. The van der Waals surface area contributed by atoms with E-state index in [0.717, 1.165) is 0 Å². The summed E-state index contributed by atoms with van der Waals surface area (Å²) in [5.41, 5.74) is 0.966. The van der Waals surface area contributed by atoms with Gasteiger partial charge < -0.3 is 19.1 Å².